The fourth-order valence-corrected chi connectivity index (χ4v) is 2.69. The van der Waals surface area contributed by atoms with Crippen molar-refractivity contribution in [2.24, 2.45) is 0 Å². The molecule has 1 aliphatic carbocycles. The second-order valence-corrected chi connectivity index (χ2v) is 6.15. The smallest absolute Gasteiger partial charge is 0.139 e. The fourth-order valence-electron chi connectivity index (χ4n) is 1.86. The lowest BCUT2D eigenvalue weighted by molar-refractivity contribution is -0.0270. The lowest BCUT2D eigenvalue weighted by atomic mass is 9.92. The topological polar surface area (TPSA) is 18.5 Å². The van der Waals surface area contributed by atoms with Gasteiger partial charge in [0.1, 0.15) is 29.4 Å². The summed E-state index contributed by atoms with van der Waals surface area (Å²) in [5.74, 6) is 1.34. The van der Waals surface area contributed by atoms with Gasteiger partial charge in [-0.1, -0.05) is 13.2 Å². The van der Waals surface area contributed by atoms with Crippen molar-refractivity contribution < 1.29 is 13.9 Å². The van der Waals surface area contributed by atoms with E-state index < -0.39 is 5.67 Å². The molecule has 1 aliphatic rings. The molecule has 1 fully saturated rings. The van der Waals surface area contributed by atoms with Gasteiger partial charge in [0, 0.05) is 23.1 Å². The van der Waals surface area contributed by atoms with E-state index in [0.717, 1.165) is 18.6 Å². The third-order valence-corrected chi connectivity index (χ3v) is 4.27. The summed E-state index contributed by atoms with van der Waals surface area (Å²) in [6, 6.07) is 1.78. The van der Waals surface area contributed by atoms with Crippen LogP contribution >= 0.6 is 11.3 Å². The Hall–Kier alpha value is -1.29. The second-order valence-electron chi connectivity index (χ2n) is 5.24. The SMILES string of the molecule is C=CC(=C)O[C@H]1C[C@@H](Oc2csc(C(C)(C)F)c2)C1. The minimum Gasteiger partial charge on any atom is -0.491 e. The summed E-state index contributed by atoms with van der Waals surface area (Å²) < 4.78 is 25.0. The highest BCUT2D eigenvalue weighted by Gasteiger charge is 2.33. The first-order chi connectivity index (χ1) is 8.88. The lowest BCUT2D eigenvalue weighted by Crippen LogP contribution is -2.39. The van der Waals surface area contributed by atoms with Gasteiger partial charge in [-0.25, -0.2) is 4.39 Å². The third-order valence-electron chi connectivity index (χ3n) is 3.06. The molecule has 19 heavy (non-hydrogen) atoms. The van der Waals surface area contributed by atoms with Crippen LogP contribution in [0.15, 0.2) is 36.4 Å². The van der Waals surface area contributed by atoms with Crippen molar-refractivity contribution >= 4 is 11.3 Å². The van der Waals surface area contributed by atoms with Crippen LogP contribution in [0.4, 0.5) is 4.39 Å². The first-order valence-corrected chi connectivity index (χ1v) is 7.19. The fraction of sp³-hybridized carbons (Fsp3) is 0.467. The molecule has 0 saturated heterocycles. The molecule has 0 N–H and O–H groups in total. The summed E-state index contributed by atoms with van der Waals surface area (Å²) in [4.78, 5) is 0.689. The van der Waals surface area contributed by atoms with E-state index in [4.69, 9.17) is 9.47 Å². The molecule has 1 saturated carbocycles. The predicted molar refractivity (Wildman–Crippen MR) is 76.3 cm³/mol. The number of rotatable bonds is 6. The molecular weight excluding hydrogens is 263 g/mol. The molecule has 0 bridgehead atoms. The summed E-state index contributed by atoms with van der Waals surface area (Å²) >= 11 is 1.39. The highest BCUT2D eigenvalue weighted by molar-refractivity contribution is 7.10. The van der Waals surface area contributed by atoms with Crippen LogP contribution in [0.1, 0.15) is 31.6 Å². The summed E-state index contributed by atoms with van der Waals surface area (Å²) in [6.07, 6.45) is 3.57. The van der Waals surface area contributed by atoms with Crippen molar-refractivity contribution in [2.75, 3.05) is 0 Å². The summed E-state index contributed by atoms with van der Waals surface area (Å²) in [7, 11) is 0. The molecule has 2 rings (SSSR count). The van der Waals surface area contributed by atoms with Gasteiger partial charge in [-0.2, -0.15) is 0 Å². The molecule has 0 unspecified atom stereocenters. The number of halogens is 1. The van der Waals surface area contributed by atoms with Crippen molar-refractivity contribution in [2.45, 2.75) is 44.6 Å². The summed E-state index contributed by atoms with van der Waals surface area (Å²) in [6.45, 7) is 10.4. The molecule has 1 heterocycles. The third kappa shape index (κ3) is 3.60. The number of thiophene rings is 1. The minimum absolute atomic E-state index is 0.146. The van der Waals surface area contributed by atoms with Crippen LogP contribution < -0.4 is 4.74 Å². The Bertz CT molecular complexity index is 467. The van der Waals surface area contributed by atoms with Crippen LogP contribution in [0, 0.1) is 0 Å². The van der Waals surface area contributed by atoms with Gasteiger partial charge in [-0.15, -0.1) is 11.3 Å². The van der Waals surface area contributed by atoms with Crippen LogP contribution in [0.25, 0.3) is 0 Å². The standard InChI is InChI=1S/C15H19FO2S/c1-5-10(2)17-11-6-12(7-11)18-13-8-14(19-9-13)15(3,4)16/h5,8-9,11-12H,1-2,6-7H2,3-4H3/t11-,12+. The van der Waals surface area contributed by atoms with Gasteiger partial charge >= 0.3 is 0 Å². The van der Waals surface area contributed by atoms with Gasteiger partial charge in [0.25, 0.3) is 0 Å². The summed E-state index contributed by atoms with van der Waals surface area (Å²) in [5, 5.41) is 1.85. The number of ether oxygens (including phenoxy) is 2. The van der Waals surface area contributed by atoms with Crippen LogP contribution in [0.3, 0.4) is 0 Å². The van der Waals surface area contributed by atoms with Crippen LogP contribution in [0.2, 0.25) is 0 Å². The van der Waals surface area contributed by atoms with Crippen molar-refractivity contribution in [1.82, 2.24) is 0 Å². The van der Waals surface area contributed by atoms with Crippen molar-refractivity contribution in [3.63, 3.8) is 0 Å². The van der Waals surface area contributed by atoms with Crippen LogP contribution in [-0.4, -0.2) is 12.2 Å². The maximum atomic E-state index is 13.7. The Kier molecular flexibility index (Phi) is 3.99. The Morgan fingerprint density at radius 3 is 2.68 bits per heavy atom. The van der Waals surface area contributed by atoms with Gasteiger partial charge < -0.3 is 9.47 Å². The average molecular weight is 282 g/mol. The Morgan fingerprint density at radius 1 is 1.47 bits per heavy atom. The first-order valence-electron chi connectivity index (χ1n) is 6.31. The van der Waals surface area contributed by atoms with Crippen LogP contribution in [0.5, 0.6) is 5.75 Å². The predicted octanol–water partition coefficient (Wildman–Crippen LogP) is 4.58. The maximum Gasteiger partial charge on any atom is 0.139 e. The lowest BCUT2D eigenvalue weighted by Gasteiger charge is -2.35. The van der Waals surface area contributed by atoms with E-state index in [1.165, 1.54) is 11.3 Å². The van der Waals surface area contributed by atoms with Gasteiger partial charge in [0.05, 0.1) is 0 Å². The zero-order valence-corrected chi connectivity index (χ0v) is 12.1. The van der Waals surface area contributed by atoms with E-state index >= 15 is 0 Å². The molecule has 0 amide bonds. The highest BCUT2D eigenvalue weighted by atomic mass is 32.1. The summed E-state index contributed by atoms with van der Waals surface area (Å²) in [5.41, 5.74) is -1.31. The largest absolute Gasteiger partial charge is 0.491 e. The van der Waals surface area contributed by atoms with E-state index in [1.54, 1.807) is 26.0 Å². The molecule has 0 spiro atoms. The highest BCUT2D eigenvalue weighted by Crippen LogP contribution is 2.36. The molecule has 1 aromatic heterocycles. The zero-order chi connectivity index (χ0) is 14.0. The van der Waals surface area contributed by atoms with E-state index in [0.29, 0.717) is 10.6 Å². The second kappa shape index (κ2) is 5.37. The molecule has 0 radical (unpaired) electrons. The molecule has 1 aromatic rings. The van der Waals surface area contributed by atoms with Gasteiger partial charge in [-0.3, -0.25) is 0 Å². The van der Waals surface area contributed by atoms with Gasteiger partial charge in [0.2, 0.25) is 0 Å². The van der Waals surface area contributed by atoms with E-state index in [-0.39, 0.29) is 12.2 Å². The first kappa shape index (κ1) is 14.1. The van der Waals surface area contributed by atoms with E-state index in [2.05, 4.69) is 13.2 Å². The molecule has 0 aliphatic heterocycles. The number of hydrogen-bond acceptors (Lipinski definition) is 3. The maximum absolute atomic E-state index is 13.7. The molecule has 2 nitrogen and oxygen atoms in total. The van der Waals surface area contributed by atoms with Crippen molar-refractivity contribution in [1.29, 1.82) is 0 Å². The van der Waals surface area contributed by atoms with Gasteiger partial charge in [-0.05, 0) is 26.0 Å². The Morgan fingerprint density at radius 2 is 2.16 bits per heavy atom. The Labute approximate surface area is 117 Å². The van der Waals surface area contributed by atoms with Crippen molar-refractivity contribution in [3.8, 4) is 5.75 Å². The Balaban J connectivity index is 1.80. The minimum atomic E-state index is -1.31. The average Bonchev–Trinajstić information content (AvgIpc) is 2.74. The molecule has 0 atom stereocenters. The zero-order valence-electron chi connectivity index (χ0n) is 11.3. The number of allylic oxidation sites excluding steroid dienone is 1. The normalized spacial score (nSPS) is 22.5. The molecule has 4 heteroatoms. The quantitative estimate of drug-likeness (QED) is 0.561. The monoisotopic (exact) mass is 282 g/mol. The van der Waals surface area contributed by atoms with Gasteiger partial charge in [0.15, 0.2) is 0 Å². The van der Waals surface area contributed by atoms with Crippen molar-refractivity contribution in [3.05, 3.63) is 41.3 Å². The molecule has 0 aromatic carbocycles. The molecule has 104 valence electrons. The number of hydrogen-bond donors (Lipinski definition) is 0. The van der Waals surface area contributed by atoms with Crippen LogP contribution in [-0.2, 0) is 10.4 Å². The molecular formula is C15H19FO2S. The van der Waals surface area contributed by atoms with E-state index in [1.807, 2.05) is 5.38 Å². The van der Waals surface area contributed by atoms with E-state index in [9.17, 15) is 4.39 Å². The number of alkyl halides is 1.